The standard InChI is InChI=1S/C8H13O5P/c1-4-6-11-14(9,12-7-5-2)13-8-10-3/h1,5H,2,6-8H2,3H3. The number of terminal acetylenes is 1. The van der Waals surface area contributed by atoms with Crippen molar-refractivity contribution in [2.45, 2.75) is 0 Å². The van der Waals surface area contributed by atoms with Gasteiger partial charge in [0.05, 0.1) is 6.61 Å². The number of hydrogen-bond donors (Lipinski definition) is 0. The average Bonchev–Trinajstić information content (AvgIpc) is 2.21. The molecule has 0 fully saturated rings. The van der Waals surface area contributed by atoms with Crippen LogP contribution in [0.1, 0.15) is 0 Å². The summed E-state index contributed by atoms with van der Waals surface area (Å²) in [5.74, 6) is 2.16. The number of phosphoric acid groups is 1. The predicted molar refractivity (Wildman–Crippen MR) is 51.5 cm³/mol. The molecule has 5 nitrogen and oxygen atoms in total. The smallest absolute Gasteiger partial charge is 0.358 e. The van der Waals surface area contributed by atoms with Crippen LogP contribution in [-0.2, 0) is 22.9 Å². The maximum Gasteiger partial charge on any atom is 0.478 e. The molecule has 14 heavy (non-hydrogen) atoms. The fourth-order valence-corrected chi connectivity index (χ4v) is 1.47. The van der Waals surface area contributed by atoms with E-state index in [0.717, 1.165) is 0 Å². The molecule has 6 heteroatoms. The molecule has 1 unspecified atom stereocenters. The molecule has 0 heterocycles. The Kier molecular flexibility index (Phi) is 7.40. The zero-order valence-corrected chi connectivity index (χ0v) is 8.87. The third-order valence-corrected chi connectivity index (χ3v) is 2.32. The van der Waals surface area contributed by atoms with Gasteiger partial charge in [-0.05, 0) is 0 Å². The Morgan fingerprint density at radius 1 is 1.50 bits per heavy atom. The van der Waals surface area contributed by atoms with Crippen LogP contribution in [0.15, 0.2) is 12.7 Å². The zero-order valence-electron chi connectivity index (χ0n) is 7.97. The normalized spacial score (nSPS) is 14.3. The Bertz CT molecular complexity index is 245. The van der Waals surface area contributed by atoms with Crippen molar-refractivity contribution in [1.29, 1.82) is 0 Å². The molecule has 0 spiro atoms. The van der Waals surface area contributed by atoms with Crippen LogP contribution in [0.5, 0.6) is 0 Å². The lowest BCUT2D eigenvalue weighted by Crippen LogP contribution is -2.03. The summed E-state index contributed by atoms with van der Waals surface area (Å²) in [6.45, 7) is 3.09. The van der Waals surface area contributed by atoms with E-state index in [2.05, 4.69) is 17.2 Å². The van der Waals surface area contributed by atoms with Gasteiger partial charge in [0.15, 0.2) is 6.79 Å². The third-order valence-electron chi connectivity index (χ3n) is 0.985. The molecule has 0 aliphatic heterocycles. The maximum absolute atomic E-state index is 11.6. The summed E-state index contributed by atoms with van der Waals surface area (Å²) < 4.78 is 30.4. The number of methoxy groups -OCH3 is 1. The van der Waals surface area contributed by atoms with Gasteiger partial charge in [-0.15, -0.1) is 13.0 Å². The van der Waals surface area contributed by atoms with Gasteiger partial charge in [-0.2, -0.15) is 0 Å². The highest BCUT2D eigenvalue weighted by atomic mass is 31.2. The molecule has 0 aromatic carbocycles. The summed E-state index contributed by atoms with van der Waals surface area (Å²) >= 11 is 0. The first kappa shape index (κ1) is 13.4. The molecular weight excluding hydrogens is 207 g/mol. The van der Waals surface area contributed by atoms with Crippen LogP contribution in [0.2, 0.25) is 0 Å². The topological polar surface area (TPSA) is 54.0 Å². The molecule has 1 atom stereocenters. The van der Waals surface area contributed by atoms with Gasteiger partial charge < -0.3 is 4.74 Å². The summed E-state index contributed by atoms with van der Waals surface area (Å²) in [7, 11) is -2.22. The number of hydrogen-bond acceptors (Lipinski definition) is 5. The van der Waals surface area contributed by atoms with E-state index in [-0.39, 0.29) is 20.0 Å². The molecule has 80 valence electrons. The Hall–Kier alpha value is -0.630. The minimum Gasteiger partial charge on any atom is -0.358 e. The Morgan fingerprint density at radius 2 is 2.21 bits per heavy atom. The van der Waals surface area contributed by atoms with Crippen LogP contribution in [0.3, 0.4) is 0 Å². The lowest BCUT2D eigenvalue weighted by molar-refractivity contribution is 0.0146. The van der Waals surface area contributed by atoms with Gasteiger partial charge in [0, 0.05) is 7.11 Å². The quantitative estimate of drug-likeness (QED) is 0.269. The molecule has 0 bridgehead atoms. The van der Waals surface area contributed by atoms with Crippen molar-refractivity contribution >= 4 is 7.82 Å². The van der Waals surface area contributed by atoms with Crippen LogP contribution in [0.25, 0.3) is 0 Å². The number of phosphoric ester groups is 1. The average molecular weight is 220 g/mol. The molecule has 0 N–H and O–H groups in total. The van der Waals surface area contributed by atoms with Crippen molar-refractivity contribution in [1.82, 2.24) is 0 Å². The fourth-order valence-electron chi connectivity index (χ4n) is 0.489. The highest BCUT2D eigenvalue weighted by Gasteiger charge is 2.25. The lowest BCUT2D eigenvalue weighted by Gasteiger charge is -2.15. The van der Waals surface area contributed by atoms with E-state index in [1.165, 1.54) is 13.2 Å². The van der Waals surface area contributed by atoms with Crippen LogP contribution in [-0.4, -0.2) is 27.1 Å². The van der Waals surface area contributed by atoms with Crippen molar-refractivity contribution in [3.05, 3.63) is 12.7 Å². The Labute approximate surface area is 83.6 Å². The molecule has 0 saturated carbocycles. The van der Waals surface area contributed by atoms with Gasteiger partial charge in [-0.25, -0.2) is 4.57 Å². The number of rotatable bonds is 8. The molecule has 0 aromatic heterocycles. The van der Waals surface area contributed by atoms with E-state index in [0.29, 0.717) is 0 Å². The van der Waals surface area contributed by atoms with Crippen LogP contribution < -0.4 is 0 Å². The van der Waals surface area contributed by atoms with E-state index in [1.54, 1.807) is 0 Å². The van der Waals surface area contributed by atoms with Crippen LogP contribution in [0, 0.1) is 12.3 Å². The lowest BCUT2D eigenvalue weighted by atomic mass is 10.7. The SMILES string of the molecule is C#CCOP(=O)(OCC=C)OCOC. The summed E-state index contributed by atoms with van der Waals surface area (Å²) in [6.07, 6.45) is 6.35. The first-order valence-corrected chi connectivity index (χ1v) is 5.21. The summed E-state index contributed by atoms with van der Waals surface area (Å²) in [5.41, 5.74) is 0. The first-order valence-electron chi connectivity index (χ1n) is 3.75. The zero-order chi connectivity index (χ0) is 10.9. The van der Waals surface area contributed by atoms with Gasteiger partial charge in [0.25, 0.3) is 0 Å². The van der Waals surface area contributed by atoms with Gasteiger partial charge in [-0.1, -0.05) is 12.0 Å². The van der Waals surface area contributed by atoms with Crippen molar-refractivity contribution in [3.8, 4) is 12.3 Å². The second-order valence-electron chi connectivity index (χ2n) is 2.04. The second-order valence-corrected chi connectivity index (χ2v) is 3.71. The molecule has 0 aliphatic rings. The van der Waals surface area contributed by atoms with Gasteiger partial charge >= 0.3 is 7.82 Å². The van der Waals surface area contributed by atoms with E-state index in [9.17, 15) is 4.57 Å². The predicted octanol–water partition coefficient (Wildman–Crippen LogP) is 1.57. The van der Waals surface area contributed by atoms with Crippen LogP contribution in [0.4, 0.5) is 0 Å². The van der Waals surface area contributed by atoms with E-state index >= 15 is 0 Å². The monoisotopic (exact) mass is 220 g/mol. The fraction of sp³-hybridized carbons (Fsp3) is 0.500. The highest BCUT2D eigenvalue weighted by Crippen LogP contribution is 2.49. The third kappa shape index (κ3) is 5.92. The van der Waals surface area contributed by atoms with Crippen LogP contribution >= 0.6 is 7.82 Å². The summed E-state index contributed by atoms with van der Waals surface area (Å²) in [4.78, 5) is 0. The van der Waals surface area contributed by atoms with Crippen molar-refractivity contribution in [2.75, 3.05) is 27.1 Å². The Balaban J connectivity index is 4.11. The summed E-state index contributed by atoms with van der Waals surface area (Å²) in [6, 6.07) is 0. The molecule has 0 radical (unpaired) electrons. The summed E-state index contributed by atoms with van der Waals surface area (Å²) in [5, 5.41) is 0. The maximum atomic E-state index is 11.6. The van der Waals surface area contributed by atoms with Gasteiger partial charge in [-0.3, -0.25) is 13.6 Å². The minimum absolute atomic E-state index is 0.0472. The molecular formula is C8H13O5P. The molecule has 0 aliphatic carbocycles. The Morgan fingerprint density at radius 3 is 2.71 bits per heavy atom. The van der Waals surface area contributed by atoms with E-state index in [1.807, 2.05) is 0 Å². The van der Waals surface area contributed by atoms with E-state index < -0.39 is 7.82 Å². The highest BCUT2D eigenvalue weighted by molar-refractivity contribution is 7.48. The molecule has 0 saturated heterocycles. The van der Waals surface area contributed by atoms with Crippen molar-refractivity contribution < 1.29 is 22.9 Å². The van der Waals surface area contributed by atoms with Gasteiger partial charge in [0.2, 0.25) is 0 Å². The number of ether oxygens (including phenoxy) is 1. The molecule has 0 rings (SSSR count). The molecule has 0 aromatic rings. The second kappa shape index (κ2) is 7.74. The van der Waals surface area contributed by atoms with E-state index in [4.69, 9.17) is 20.0 Å². The first-order chi connectivity index (χ1) is 6.68. The minimum atomic E-state index is -3.61. The largest absolute Gasteiger partial charge is 0.478 e. The van der Waals surface area contributed by atoms with Crippen molar-refractivity contribution in [3.63, 3.8) is 0 Å². The van der Waals surface area contributed by atoms with Gasteiger partial charge in [0.1, 0.15) is 6.61 Å². The molecule has 0 amide bonds. The van der Waals surface area contributed by atoms with Crippen molar-refractivity contribution in [2.24, 2.45) is 0 Å².